The minimum atomic E-state index is -0.0491. The highest BCUT2D eigenvalue weighted by molar-refractivity contribution is 5.72. The molecule has 0 aliphatic heterocycles. The van der Waals surface area contributed by atoms with Crippen LogP contribution in [0.15, 0.2) is 31.4 Å². The van der Waals surface area contributed by atoms with Crippen LogP contribution in [0, 0.1) is 26.2 Å². The Morgan fingerprint density at radius 1 is 1.06 bits per heavy atom. The molecular weight excluding hydrogens is 192 g/mol. The van der Waals surface area contributed by atoms with Crippen LogP contribution in [0.5, 0.6) is 0 Å². The maximum absolute atomic E-state index is 4.23. The van der Waals surface area contributed by atoms with Crippen molar-refractivity contribution in [3.05, 3.63) is 53.6 Å². The Balaban J connectivity index is 3.30. The number of allylic oxidation sites excluding steroid dienone is 2. The molecule has 0 nitrogen and oxygen atoms in total. The fourth-order valence-electron chi connectivity index (χ4n) is 1.76. The smallest absolute Gasteiger partial charge is 0.00728 e. The van der Waals surface area contributed by atoms with Gasteiger partial charge >= 0.3 is 0 Å². The lowest BCUT2D eigenvalue weighted by Crippen LogP contribution is -2.10. The summed E-state index contributed by atoms with van der Waals surface area (Å²) in [7, 11) is 0. The molecule has 16 heavy (non-hydrogen) atoms. The molecule has 0 saturated heterocycles. The van der Waals surface area contributed by atoms with Crippen molar-refractivity contribution < 1.29 is 0 Å². The van der Waals surface area contributed by atoms with E-state index in [2.05, 4.69) is 59.9 Å². The first-order valence-electron chi connectivity index (χ1n) is 5.71. The summed E-state index contributed by atoms with van der Waals surface area (Å²) in [4.78, 5) is 0. The zero-order valence-corrected chi connectivity index (χ0v) is 11.1. The molecule has 0 heterocycles. The summed E-state index contributed by atoms with van der Waals surface area (Å²) < 4.78 is 0. The molecule has 0 aliphatic carbocycles. The minimum Gasteiger partial charge on any atom is -0.102 e. The van der Waals surface area contributed by atoms with Crippen LogP contribution < -0.4 is 0 Å². The quantitative estimate of drug-likeness (QED) is 0.632. The van der Waals surface area contributed by atoms with Gasteiger partial charge in [-0.1, -0.05) is 38.6 Å². The molecule has 0 amide bonds. The third kappa shape index (κ3) is 2.27. The Hall–Kier alpha value is -1.30. The second-order valence-corrected chi connectivity index (χ2v) is 5.16. The van der Waals surface area contributed by atoms with Crippen molar-refractivity contribution in [2.24, 2.45) is 5.41 Å². The predicted octanol–water partition coefficient (Wildman–Crippen LogP) is 4.84. The normalized spacial score (nSPS) is 11.3. The van der Waals surface area contributed by atoms with Crippen LogP contribution in [0.1, 0.15) is 36.1 Å². The largest absolute Gasteiger partial charge is 0.102 e. The summed E-state index contributed by atoms with van der Waals surface area (Å²) in [5, 5.41) is 0. The molecule has 0 fully saturated rings. The molecule has 0 radical (unpaired) electrons. The second kappa shape index (κ2) is 4.29. The molecule has 0 atom stereocenters. The summed E-state index contributed by atoms with van der Waals surface area (Å²) in [5.74, 6) is 0. The third-order valence-corrected chi connectivity index (χ3v) is 3.45. The van der Waals surface area contributed by atoms with E-state index < -0.39 is 0 Å². The molecule has 86 valence electrons. The molecule has 0 heteroatoms. The molecule has 0 saturated carbocycles. The number of rotatable bonds is 3. The van der Waals surface area contributed by atoms with E-state index in [0.717, 1.165) is 5.57 Å². The molecular formula is C16H22. The highest BCUT2D eigenvalue weighted by Gasteiger charge is 2.20. The van der Waals surface area contributed by atoms with Crippen molar-refractivity contribution in [1.29, 1.82) is 0 Å². The van der Waals surface area contributed by atoms with E-state index >= 15 is 0 Å². The van der Waals surface area contributed by atoms with Crippen LogP contribution >= 0.6 is 0 Å². The standard InChI is InChI=1S/C16H22/c1-8-16(6,7)14(5)15-10-12(3)11(2)9-13(15)4/h8-10H,1,5H2,2-4,6-7H3. The monoisotopic (exact) mass is 214 g/mol. The van der Waals surface area contributed by atoms with E-state index in [1.54, 1.807) is 0 Å². The van der Waals surface area contributed by atoms with E-state index in [-0.39, 0.29) is 5.41 Å². The van der Waals surface area contributed by atoms with Gasteiger partial charge in [-0.15, -0.1) is 6.58 Å². The highest BCUT2D eigenvalue weighted by atomic mass is 14.2. The summed E-state index contributed by atoms with van der Waals surface area (Å²) in [6.07, 6.45) is 1.96. The lowest BCUT2D eigenvalue weighted by atomic mass is 9.79. The van der Waals surface area contributed by atoms with Crippen LogP contribution in [-0.2, 0) is 0 Å². The average molecular weight is 214 g/mol. The van der Waals surface area contributed by atoms with Gasteiger partial charge in [-0.2, -0.15) is 0 Å². The van der Waals surface area contributed by atoms with Gasteiger partial charge < -0.3 is 0 Å². The molecule has 0 aromatic heterocycles. The van der Waals surface area contributed by atoms with E-state index in [1.807, 2.05) is 6.08 Å². The molecule has 0 aliphatic rings. The zero-order chi connectivity index (χ0) is 12.5. The van der Waals surface area contributed by atoms with Crippen molar-refractivity contribution >= 4 is 5.57 Å². The Bertz CT molecular complexity index is 434. The van der Waals surface area contributed by atoms with Gasteiger partial charge in [-0.3, -0.25) is 0 Å². The van der Waals surface area contributed by atoms with Crippen molar-refractivity contribution in [1.82, 2.24) is 0 Å². The zero-order valence-electron chi connectivity index (χ0n) is 11.1. The Labute approximate surface area is 99.7 Å². The SMILES string of the molecule is C=CC(C)(C)C(=C)c1cc(C)c(C)cc1C. The van der Waals surface area contributed by atoms with Gasteiger partial charge in [-0.05, 0) is 48.6 Å². The molecule has 1 rings (SSSR count). The summed E-state index contributed by atoms with van der Waals surface area (Å²) in [5.41, 5.74) is 6.30. The van der Waals surface area contributed by atoms with Crippen LogP contribution in [0.2, 0.25) is 0 Å². The molecule has 1 aromatic rings. The van der Waals surface area contributed by atoms with Gasteiger partial charge in [0.15, 0.2) is 0 Å². The van der Waals surface area contributed by atoms with Crippen LogP contribution in [0.3, 0.4) is 0 Å². The van der Waals surface area contributed by atoms with E-state index in [0.29, 0.717) is 0 Å². The van der Waals surface area contributed by atoms with Crippen LogP contribution in [0.25, 0.3) is 5.57 Å². The van der Waals surface area contributed by atoms with Gasteiger partial charge in [0, 0.05) is 5.41 Å². The van der Waals surface area contributed by atoms with Gasteiger partial charge in [-0.25, -0.2) is 0 Å². The fourth-order valence-corrected chi connectivity index (χ4v) is 1.76. The average Bonchev–Trinajstić information content (AvgIpc) is 2.22. The van der Waals surface area contributed by atoms with Crippen molar-refractivity contribution in [2.75, 3.05) is 0 Å². The third-order valence-electron chi connectivity index (χ3n) is 3.45. The lowest BCUT2D eigenvalue weighted by Gasteiger charge is -2.25. The fraction of sp³-hybridized carbons (Fsp3) is 0.375. The molecule has 0 bridgehead atoms. The van der Waals surface area contributed by atoms with Crippen molar-refractivity contribution in [2.45, 2.75) is 34.6 Å². The predicted molar refractivity (Wildman–Crippen MR) is 73.7 cm³/mol. The Kier molecular flexibility index (Phi) is 3.42. The van der Waals surface area contributed by atoms with E-state index in [9.17, 15) is 0 Å². The number of hydrogen-bond acceptors (Lipinski definition) is 0. The number of benzene rings is 1. The maximum Gasteiger partial charge on any atom is 0.00728 e. The molecule has 0 N–H and O–H groups in total. The number of aryl methyl sites for hydroxylation is 3. The van der Waals surface area contributed by atoms with Gasteiger partial charge in [0.25, 0.3) is 0 Å². The van der Waals surface area contributed by atoms with Gasteiger partial charge in [0.1, 0.15) is 0 Å². The van der Waals surface area contributed by atoms with Crippen LogP contribution in [0.4, 0.5) is 0 Å². The summed E-state index contributed by atoms with van der Waals surface area (Å²) in [6, 6.07) is 4.47. The van der Waals surface area contributed by atoms with Gasteiger partial charge in [0.05, 0.1) is 0 Å². The Morgan fingerprint density at radius 2 is 1.56 bits per heavy atom. The Morgan fingerprint density at radius 3 is 2.06 bits per heavy atom. The highest BCUT2D eigenvalue weighted by Crippen LogP contribution is 2.36. The first-order chi connectivity index (χ1) is 7.29. The van der Waals surface area contributed by atoms with Crippen molar-refractivity contribution in [3.63, 3.8) is 0 Å². The molecule has 0 spiro atoms. The molecule has 1 aromatic carbocycles. The van der Waals surface area contributed by atoms with E-state index in [1.165, 1.54) is 22.3 Å². The van der Waals surface area contributed by atoms with Crippen molar-refractivity contribution in [3.8, 4) is 0 Å². The van der Waals surface area contributed by atoms with Crippen LogP contribution in [-0.4, -0.2) is 0 Å². The van der Waals surface area contributed by atoms with Gasteiger partial charge in [0.2, 0.25) is 0 Å². The number of hydrogen-bond donors (Lipinski definition) is 0. The first kappa shape index (κ1) is 12.8. The summed E-state index contributed by atoms with van der Waals surface area (Å²) >= 11 is 0. The topological polar surface area (TPSA) is 0 Å². The molecule has 0 unspecified atom stereocenters. The second-order valence-electron chi connectivity index (χ2n) is 5.16. The first-order valence-corrected chi connectivity index (χ1v) is 5.71. The van der Waals surface area contributed by atoms with E-state index in [4.69, 9.17) is 0 Å². The summed E-state index contributed by atoms with van der Waals surface area (Å²) in [6.45, 7) is 18.9. The lowest BCUT2D eigenvalue weighted by molar-refractivity contribution is 0.652. The maximum atomic E-state index is 4.23. The minimum absolute atomic E-state index is 0.0491.